The molecule has 0 aliphatic heterocycles. The molecular formula is C15H20N2OS2. The van der Waals surface area contributed by atoms with Gasteiger partial charge in [0, 0.05) is 10.9 Å². The average Bonchev–Trinajstić information content (AvgIpc) is 2.95. The highest BCUT2D eigenvalue weighted by atomic mass is 32.1. The summed E-state index contributed by atoms with van der Waals surface area (Å²) in [6, 6.07) is 0.174. The minimum atomic E-state index is 0.117. The van der Waals surface area contributed by atoms with Gasteiger partial charge in [0.25, 0.3) is 5.56 Å². The lowest BCUT2D eigenvalue weighted by atomic mass is 10.1. The minimum absolute atomic E-state index is 0.117. The summed E-state index contributed by atoms with van der Waals surface area (Å²) in [5.41, 5.74) is 1.39. The number of nitrogens with one attached hydrogen (secondary N) is 1. The van der Waals surface area contributed by atoms with Gasteiger partial charge in [-0.3, -0.25) is 9.36 Å². The van der Waals surface area contributed by atoms with Gasteiger partial charge in [0.2, 0.25) is 0 Å². The Morgan fingerprint density at radius 1 is 1.45 bits per heavy atom. The number of aryl methyl sites for hydroxylation is 2. The first-order valence-corrected chi connectivity index (χ1v) is 8.65. The fraction of sp³-hybridized carbons (Fsp3) is 0.600. The summed E-state index contributed by atoms with van der Waals surface area (Å²) in [6.07, 6.45) is 6.61. The molecule has 0 aromatic carbocycles. The van der Waals surface area contributed by atoms with Crippen LogP contribution in [0.2, 0.25) is 0 Å². The molecule has 0 bridgehead atoms. The highest BCUT2D eigenvalue weighted by molar-refractivity contribution is 7.71. The first kappa shape index (κ1) is 14.0. The quantitative estimate of drug-likeness (QED) is 0.852. The summed E-state index contributed by atoms with van der Waals surface area (Å²) < 4.78 is 2.37. The number of fused-ring (bicyclic) bond motifs is 3. The van der Waals surface area contributed by atoms with Crippen LogP contribution in [-0.4, -0.2) is 9.55 Å². The van der Waals surface area contributed by atoms with Crippen molar-refractivity contribution in [2.75, 3.05) is 0 Å². The molecule has 1 N–H and O–H groups in total. The number of aromatic amines is 1. The maximum atomic E-state index is 12.9. The third-order valence-corrected chi connectivity index (χ3v) is 5.72. The predicted molar refractivity (Wildman–Crippen MR) is 87.5 cm³/mol. The van der Waals surface area contributed by atoms with E-state index in [1.165, 1.54) is 16.9 Å². The number of thiophene rings is 1. The lowest BCUT2D eigenvalue weighted by Crippen LogP contribution is -2.25. The molecule has 2 aromatic rings. The van der Waals surface area contributed by atoms with Gasteiger partial charge in [-0.05, 0) is 50.4 Å². The number of nitrogens with zero attached hydrogens (tertiary/aromatic N) is 1. The zero-order valence-corrected chi connectivity index (χ0v) is 13.6. The fourth-order valence-corrected chi connectivity index (χ4v) is 4.83. The van der Waals surface area contributed by atoms with Crippen LogP contribution in [-0.2, 0) is 12.8 Å². The molecule has 1 aliphatic carbocycles. The van der Waals surface area contributed by atoms with E-state index in [9.17, 15) is 4.79 Å². The standard InChI is InChI=1S/C15H20N2OS2/c1-3-4-6-9(2)17-14(18)12-10-7-5-8-11(10)20-13(12)16-15(17)19/h9H,3-8H2,1-2H3,(H,16,19). The third-order valence-electron chi connectivity index (χ3n) is 4.21. The van der Waals surface area contributed by atoms with Crippen LogP contribution in [0.5, 0.6) is 0 Å². The van der Waals surface area contributed by atoms with Gasteiger partial charge in [0.1, 0.15) is 4.83 Å². The Morgan fingerprint density at radius 2 is 2.25 bits per heavy atom. The van der Waals surface area contributed by atoms with E-state index in [1.54, 1.807) is 15.9 Å². The van der Waals surface area contributed by atoms with E-state index in [0.717, 1.165) is 42.3 Å². The molecule has 0 saturated heterocycles. The van der Waals surface area contributed by atoms with E-state index in [1.807, 2.05) is 0 Å². The minimum Gasteiger partial charge on any atom is -0.323 e. The number of hydrogen-bond donors (Lipinski definition) is 1. The van der Waals surface area contributed by atoms with Crippen molar-refractivity contribution in [3.63, 3.8) is 0 Å². The Kier molecular flexibility index (Phi) is 3.82. The second kappa shape index (κ2) is 5.45. The smallest absolute Gasteiger partial charge is 0.263 e. The van der Waals surface area contributed by atoms with E-state index in [4.69, 9.17) is 12.2 Å². The number of unbranched alkanes of at least 4 members (excludes halogenated alkanes) is 1. The number of hydrogen-bond acceptors (Lipinski definition) is 3. The topological polar surface area (TPSA) is 37.8 Å². The predicted octanol–water partition coefficient (Wildman–Crippen LogP) is 4.36. The highest BCUT2D eigenvalue weighted by Crippen LogP contribution is 2.34. The van der Waals surface area contributed by atoms with Gasteiger partial charge in [0.05, 0.1) is 5.39 Å². The van der Waals surface area contributed by atoms with Gasteiger partial charge in [0.15, 0.2) is 4.77 Å². The van der Waals surface area contributed by atoms with Crippen molar-refractivity contribution in [3.8, 4) is 0 Å². The van der Waals surface area contributed by atoms with Crippen LogP contribution in [0.3, 0.4) is 0 Å². The van der Waals surface area contributed by atoms with Gasteiger partial charge in [-0.25, -0.2) is 0 Å². The normalized spacial score (nSPS) is 15.7. The molecule has 3 nitrogen and oxygen atoms in total. The number of H-pyrrole nitrogens is 1. The summed E-state index contributed by atoms with van der Waals surface area (Å²) in [5, 5.41) is 0.902. The molecule has 1 aliphatic rings. The Labute approximate surface area is 127 Å². The second-order valence-corrected chi connectivity index (χ2v) is 7.15. The SMILES string of the molecule is CCCCC(C)n1c(=S)[nH]c2sc3c(c2c1=O)CCC3. The maximum Gasteiger partial charge on any atom is 0.263 e. The summed E-state index contributed by atoms with van der Waals surface area (Å²) in [7, 11) is 0. The molecule has 0 spiro atoms. The molecule has 108 valence electrons. The zero-order chi connectivity index (χ0) is 14.3. The third kappa shape index (κ3) is 2.17. The van der Waals surface area contributed by atoms with E-state index >= 15 is 0 Å². The van der Waals surface area contributed by atoms with Crippen molar-refractivity contribution in [1.82, 2.24) is 9.55 Å². The lowest BCUT2D eigenvalue weighted by Gasteiger charge is -2.15. The summed E-state index contributed by atoms with van der Waals surface area (Å²) >= 11 is 7.13. The van der Waals surface area contributed by atoms with Crippen molar-refractivity contribution in [2.45, 2.75) is 58.4 Å². The molecular weight excluding hydrogens is 288 g/mol. The van der Waals surface area contributed by atoms with Gasteiger partial charge in [-0.1, -0.05) is 19.8 Å². The monoisotopic (exact) mass is 308 g/mol. The first-order valence-electron chi connectivity index (χ1n) is 7.42. The molecule has 0 fully saturated rings. The van der Waals surface area contributed by atoms with E-state index in [0.29, 0.717) is 4.77 Å². The second-order valence-electron chi connectivity index (χ2n) is 5.66. The van der Waals surface area contributed by atoms with Gasteiger partial charge in [-0.2, -0.15) is 0 Å². The van der Waals surface area contributed by atoms with Crippen molar-refractivity contribution >= 4 is 33.8 Å². The molecule has 0 saturated carbocycles. The lowest BCUT2D eigenvalue weighted by molar-refractivity contribution is 0.465. The van der Waals surface area contributed by atoms with E-state index < -0.39 is 0 Å². The molecule has 0 radical (unpaired) electrons. The largest absolute Gasteiger partial charge is 0.323 e. The molecule has 0 amide bonds. The zero-order valence-electron chi connectivity index (χ0n) is 12.0. The maximum absolute atomic E-state index is 12.9. The fourth-order valence-electron chi connectivity index (χ4n) is 3.12. The van der Waals surface area contributed by atoms with Crippen LogP contribution in [0.25, 0.3) is 10.2 Å². The van der Waals surface area contributed by atoms with Crippen LogP contribution in [0.4, 0.5) is 0 Å². The number of aromatic nitrogens is 2. The van der Waals surface area contributed by atoms with Crippen LogP contribution in [0.1, 0.15) is 56.0 Å². The van der Waals surface area contributed by atoms with Crippen LogP contribution in [0, 0.1) is 4.77 Å². The van der Waals surface area contributed by atoms with Crippen molar-refractivity contribution in [2.24, 2.45) is 0 Å². The molecule has 5 heteroatoms. The molecule has 2 aromatic heterocycles. The molecule has 2 heterocycles. The summed E-state index contributed by atoms with van der Waals surface area (Å²) in [6.45, 7) is 4.27. The Bertz CT molecular complexity index is 754. The Balaban J connectivity index is 2.18. The van der Waals surface area contributed by atoms with Crippen LogP contribution < -0.4 is 5.56 Å². The Hall–Kier alpha value is -0.940. The molecule has 3 rings (SSSR count). The van der Waals surface area contributed by atoms with Crippen LogP contribution in [0.15, 0.2) is 4.79 Å². The number of rotatable bonds is 4. The Morgan fingerprint density at radius 3 is 3.00 bits per heavy atom. The summed E-state index contributed by atoms with van der Waals surface area (Å²) in [4.78, 5) is 18.5. The highest BCUT2D eigenvalue weighted by Gasteiger charge is 2.22. The van der Waals surface area contributed by atoms with Crippen molar-refractivity contribution in [3.05, 3.63) is 25.6 Å². The molecule has 20 heavy (non-hydrogen) atoms. The molecule has 1 unspecified atom stereocenters. The average molecular weight is 308 g/mol. The summed E-state index contributed by atoms with van der Waals surface area (Å²) in [5.74, 6) is 0. The van der Waals surface area contributed by atoms with Crippen molar-refractivity contribution in [1.29, 1.82) is 0 Å². The molecule has 1 atom stereocenters. The van der Waals surface area contributed by atoms with Gasteiger partial charge in [-0.15, -0.1) is 11.3 Å². The van der Waals surface area contributed by atoms with Crippen molar-refractivity contribution < 1.29 is 0 Å². The van der Waals surface area contributed by atoms with Gasteiger partial charge < -0.3 is 4.98 Å². The van der Waals surface area contributed by atoms with E-state index in [2.05, 4.69) is 18.8 Å². The van der Waals surface area contributed by atoms with Crippen LogP contribution >= 0.6 is 23.6 Å². The first-order chi connectivity index (χ1) is 9.63. The van der Waals surface area contributed by atoms with E-state index in [-0.39, 0.29) is 11.6 Å². The van der Waals surface area contributed by atoms with Gasteiger partial charge >= 0.3 is 0 Å².